The molecule has 0 aliphatic carbocycles. The molecule has 1 unspecified atom stereocenters. The molecule has 1 aliphatic rings. The van der Waals surface area contributed by atoms with Gasteiger partial charge in [0.15, 0.2) is 6.10 Å². The SMILES string of the molecule is CCC(Oc1ccc2ccccc2c1)C(=O)NCc1cccc(CN2CCCCC2)c1. The molecule has 0 bridgehead atoms. The highest BCUT2D eigenvalue weighted by Gasteiger charge is 2.18. The summed E-state index contributed by atoms with van der Waals surface area (Å²) in [7, 11) is 0. The highest BCUT2D eigenvalue weighted by Crippen LogP contribution is 2.22. The summed E-state index contributed by atoms with van der Waals surface area (Å²) < 4.78 is 6.03. The Labute approximate surface area is 185 Å². The van der Waals surface area contributed by atoms with Gasteiger partial charge in [0, 0.05) is 13.1 Å². The first-order valence-electron chi connectivity index (χ1n) is 11.4. The number of hydrogen-bond acceptors (Lipinski definition) is 3. The summed E-state index contributed by atoms with van der Waals surface area (Å²) in [5.41, 5.74) is 2.44. The van der Waals surface area contributed by atoms with Gasteiger partial charge in [0.2, 0.25) is 0 Å². The Morgan fingerprint density at radius 3 is 2.52 bits per heavy atom. The van der Waals surface area contributed by atoms with Crippen LogP contribution in [0.1, 0.15) is 43.7 Å². The third-order valence-corrected chi connectivity index (χ3v) is 5.98. The van der Waals surface area contributed by atoms with E-state index in [2.05, 4.69) is 46.6 Å². The van der Waals surface area contributed by atoms with Crippen LogP contribution in [0, 0.1) is 0 Å². The van der Waals surface area contributed by atoms with Crippen LogP contribution in [0.2, 0.25) is 0 Å². The van der Waals surface area contributed by atoms with Crippen LogP contribution in [0.25, 0.3) is 10.8 Å². The van der Waals surface area contributed by atoms with Crippen molar-refractivity contribution in [2.45, 2.75) is 51.8 Å². The topological polar surface area (TPSA) is 41.6 Å². The Kier molecular flexibility index (Phi) is 7.21. The quantitative estimate of drug-likeness (QED) is 0.542. The van der Waals surface area contributed by atoms with Crippen molar-refractivity contribution in [1.82, 2.24) is 10.2 Å². The molecule has 0 spiro atoms. The molecule has 162 valence electrons. The number of amides is 1. The minimum absolute atomic E-state index is 0.0721. The molecule has 0 radical (unpaired) electrons. The predicted octanol–water partition coefficient (Wildman–Crippen LogP) is 5.30. The van der Waals surface area contributed by atoms with Crippen LogP contribution in [0.4, 0.5) is 0 Å². The Bertz CT molecular complexity index is 1010. The fraction of sp³-hybridized carbons (Fsp3) is 0.370. The van der Waals surface area contributed by atoms with Gasteiger partial charge in [-0.15, -0.1) is 0 Å². The van der Waals surface area contributed by atoms with Crippen LogP contribution in [0.5, 0.6) is 5.75 Å². The van der Waals surface area contributed by atoms with Crippen molar-refractivity contribution >= 4 is 16.7 Å². The van der Waals surface area contributed by atoms with E-state index in [1.54, 1.807) is 0 Å². The normalized spacial score (nSPS) is 15.5. The third kappa shape index (κ3) is 5.86. The molecule has 4 nitrogen and oxygen atoms in total. The number of fused-ring (bicyclic) bond motifs is 1. The van der Waals surface area contributed by atoms with E-state index in [1.807, 2.05) is 37.3 Å². The third-order valence-electron chi connectivity index (χ3n) is 5.98. The van der Waals surface area contributed by atoms with Crippen molar-refractivity contribution in [3.8, 4) is 5.75 Å². The van der Waals surface area contributed by atoms with Crippen LogP contribution in [0.3, 0.4) is 0 Å². The van der Waals surface area contributed by atoms with Crippen molar-refractivity contribution in [2.75, 3.05) is 13.1 Å². The maximum atomic E-state index is 12.8. The molecule has 31 heavy (non-hydrogen) atoms. The van der Waals surface area contributed by atoms with Gasteiger partial charge in [0.25, 0.3) is 5.91 Å². The second-order valence-corrected chi connectivity index (χ2v) is 8.40. The highest BCUT2D eigenvalue weighted by atomic mass is 16.5. The van der Waals surface area contributed by atoms with Gasteiger partial charge in [0.1, 0.15) is 5.75 Å². The van der Waals surface area contributed by atoms with Crippen molar-refractivity contribution in [2.24, 2.45) is 0 Å². The molecule has 3 aromatic carbocycles. The molecule has 4 heteroatoms. The molecule has 1 atom stereocenters. The Morgan fingerprint density at radius 1 is 0.935 bits per heavy atom. The number of likely N-dealkylation sites (tertiary alicyclic amines) is 1. The average molecular weight is 417 g/mol. The fourth-order valence-corrected chi connectivity index (χ4v) is 4.24. The number of nitrogens with one attached hydrogen (secondary N) is 1. The fourth-order valence-electron chi connectivity index (χ4n) is 4.24. The monoisotopic (exact) mass is 416 g/mol. The first-order chi connectivity index (χ1) is 15.2. The van der Waals surface area contributed by atoms with Crippen LogP contribution in [0.15, 0.2) is 66.7 Å². The number of carbonyl (C=O) groups is 1. The lowest BCUT2D eigenvalue weighted by atomic mass is 10.1. The van der Waals surface area contributed by atoms with Gasteiger partial charge in [-0.25, -0.2) is 0 Å². The van der Waals surface area contributed by atoms with E-state index in [9.17, 15) is 4.79 Å². The number of rotatable bonds is 8. The van der Waals surface area contributed by atoms with Crippen molar-refractivity contribution in [3.63, 3.8) is 0 Å². The molecule has 4 rings (SSSR count). The lowest BCUT2D eigenvalue weighted by Crippen LogP contribution is -2.37. The Morgan fingerprint density at radius 2 is 1.71 bits per heavy atom. The summed E-state index contributed by atoms with van der Waals surface area (Å²) >= 11 is 0. The summed E-state index contributed by atoms with van der Waals surface area (Å²) in [5, 5.41) is 5.34. The Balaban J connectivity index is 1.33. The molecule has 1 aliphatic heterocycles. The molecule has 0 saturated carbocycles. The number of nitrogens with zero attached hydrogens (tertiary/aromatic N) is 1. The maximum Gasteiger partial charge on any atom is 0.261 e. The van der Waals surface area contributed by atoms with Gasteiger partial charge in [-0.05, 0) is 66.4 Å². The number of benzene rings is 3. The molecule has 1 heterocycles. The van der Waals surface area contributed by atoms with Gasteiger partial charge < -0.3 is 10.1 Å². The van der Waals surface area contributed by atoms with Crippen LogP contribution >= 0.6 is 0 Å². The first kappa shape index (κ1) is 21.4. The largest absolute Gasteiger partial charge is 0.481 e. The maximum absolute atomic E-state index is 12.8. The summed E-state index contributed by atoms with van der Waals surface area (Å²) in [6.45, 7) is 5.86. The summed E-state index contributed by atoms with van der Waals surface area (Å²) in [6, 6.07) is 22.7. The van der Waals surface area contributed by atoms with E-state index < -0.39 is 6.10 Å². The second-order valence-electron chi connectivity index (χ2n) is 8.40. The molecule has 1 fully saturated rings. The van der Waals surface area contributed by atoms with E-state index in [0.717, 1.165) is 28.6 Å². The molecular weight excluding hydrogens is 384 g/mol. The molecular formula is C27H32N2O2. The van der Waals surface area contributed by atoms with E-state index >= 15 is 0 Å². The summed E-state index contributed by atoms with van der Waals surface area (Å²) in [6.07, 6.45) is 4.06. The van der Waals surface area contributed by atoms with Gasteiger partial charge >= 0.3 is 0 Å². The van der Waals surface area contributed by atoms with E-state index in [0.29, 0.717) is 13.0 Å². The molecule has 0 aromatic heterocycles. The molecule has 3 aromatic rings. The van der Waals surface area contributed by atoms with Gasteiger partial charge in [0.05, 0.1) is 0 Å². The number of ether oxygens (including phenoxy) is 1. The zero-order valence-corrected chi connectivity index (χ0v) is 18.3. The second kappa shape index (κ2) is 10.5. The zero-order valence-electron chi connectivity index (χ0n) is 18.3. The van der Waals surface area contributed by atoms with Gasteiger partial charge in [-0.1, -0.05) is 67.9 Å². The zero-order chi connectivity index (χ0) is 21.5. The minimum Gasteiger partial charge on any atom is -0.481 e. The highest BCUT2D eigenvalue weighted by molar-refractivity contribution is 5.84. The van der Waals surface area contributed by atoms with E-state index in [-0.39, 0.29) is 5.91 Å². The van der Waals surface area contributed by atoms with Gasteiger partial charge in [-0.2, -0.15) is 0 Å². The standard InChI is InChI=1S/C27H32N2O2/c1-2-26(31-25-14-13-23-11-4-5-12-24(23)18-25)27(30)28-19-21-9-8-10-22(17-21)20-29-15-6-3-7-16-29/h4-5,8-14,17-18,26H,2-3,6-7,15-16,19-20H2,1H3,(H,28,30). The van der Waals surface area contributed by atoms with Crippen molar-refractivity contribution in [3.05, 3.63) is 77.9 Å². The van der Waals surface area contributed by atoms with Crippen LogP contribution in [-0.2, 0) is 17.9 Å². The summed E-state index contributed by atoms with van der Waals surface area (Å²) in [5.74, 6) is 0.654. The van der Waals surface area contributed by atoms with Crippen molar-refractivity contribution < 1.29 is 9.53 Å². The molecule has 1 saturated heterocycles. The summed E-state index contributed by atoms with van der Waals surface area (Å²) in [4.78, 5) is 15.3. The minimum atomic E-state index is -0.502. The van der Waals surface area contributed by atoms with Crippen molar-refractivity contribution in [1.29, 1.82) is 0 Å². The van der Waals surface area contributed by atoms with Crippen LogP contribution < -0.4 is 10.1 Å². The number of hydrogen-bond donors (Lipinski definition) is 1. The lowest BCUT2D eigenvalue weighted by molar-refractivity contribution is -0.128. The molecule has 1 N–H and O–H groups in total. The average Bonchev–Trinajstić information content (AvgIpc) is 2.82. The van der Waals surface area contributed by atoms with E-state index in [4.69, 9.17) is 4.74 Å². The lowest BCUT2D eigenvalue weighted by Gasteiger charge is -2.26. The number of piperidine rings is 1. The number of carbonyl (C=O) groups excluding carboxylic acids is 1. The molecule has 1 amide bonds. The van der Waals surface area contributed by atoms with Gasteiger partial charge in [-0.3, -0.25) is 9.69 Å². The van der Waals surface area contributed by atoms with E-state index in [1.165, 1.54) is 37.9 Å². The Hall–Kier alpha value is -2.85. The first-order valence-corrected chi connectivity index (χ1v) is 11.4. The predicted molar refractivity (Wildman–Crippen MR) is 126 cm³/mol. The van der Waals surface area contributed by atoms with Crippen LogP contribution in [-0.4, -0.2) is 30.0 Å². The smallest absolute Gasteiger partial charge is 0.261 e.